The number of Topliss-reactive ketones (excluding diaryl/α,β-unsaturated/α-hetero) is 1. The molecule has 0 saturated heterocycles. The van der Waals surface area contributed by atoms with Crippen molar-refractivity contribution in [3.63, 3.8) is 0 Å². The van der Waals surface area contributed by atoms with Crippen molar-refractivity contribution in [1.82, 2.24) is 9.55 Å². The Labute approximate surface area is 130 Å². The maximum absolute atomic E-state index is 12.2. The largest absolute Gasteiger partial charge is 0.478 e. The van der Waals surface area contributed by atoms with Crippen LogP contribution in [0.1, 0.15) is 33.6 Å². The third-order valence-electron chi connectivity index (χ3n) is 3.38. The van der Waals surface area contributed by atoms with Crippen molar-refractivity contribution in [2.45, 2.75) is 12.8 Å². The first kappa shape index (κ1) is 16.3. The molecule has 0 aliphatic heterocycles. The molecule has 1 N–H and O–H groups in total. The monoisotopic (exact) mass is 318 g/mol. The summed E-state index contributed by atoms with van der Waals surface area (Å²) in [6.45, 7) is 0. The standard InChI is InChI=1S/C15H14N2O6/c1-17-13-8(5-9(7-16-13)15(21)22)6-10(14(17)20)11(18)3-4-12(19)23-2/h5-7H,3-4H2,1-2H3,(H,21,22). The molecule has 2 heterocycles. The maximum Gasteiger partial charge on any atom is 0.337 e. The summed E-state index contributed by atoms with van der Waals surface area (Å²) in [6, 6.07) is 2.64. The Morgan fingerprint density at radius 2 is 1.96 bits per heavy atom. The van der Waals surface area contributed by atoms with Gasteiger partial charge in [-0.25, -0.2) is 9.78 Å². The molecule has 0 spiro atoms. The Hall–Kier alpha value is -3.03. The van der Waals surface area contributed by atoms with Gasteiger partial charge in [-0.2, -0.15) is 0 Å². The molecule has 0 amide bonds. The first-order chi connectivity index (χ1) is 10.8. The lowest BCUT2D eigenvalue weighted by Gasteiger charge is -2.08. The second kappa shape index (κ2) is 6.39. The highest BCUT2D eigenvalue weighted by Gasteiger charge is 2.17. The minimum absolute atomic E-state index is 0.0518. The van der Waals surface area contributed by atoms with Gasteiger partial charge in [0.25, 0.3) is 5.56 Å². The molecule has 2 aromatic heterocycles. The van der Waals surface area contributed by atoms with Gasteiger partial charge < -0.3 is 9.84 Å². The minimum Gasteiger partial charge on any atom is -0.478 e. The number of pyridine rings is 2. The number of nitrogens with zero attached hydrogens (tertiary/aromatic N) is 2. The van der Waals surface area contributed by atoms with Crippen LogP contribution in [0.3, 0.4) is 0 Å². The van der Waals surface area contributed by atoms with Crippen molar-refractivity contribution in [1.29, 1.82) is 0 Å². The van der Waals surface area contributed by atoms with E-state index in [1.165, 1.54) is 30.9 Å². The molecule has 2 rings (SSSR count). The van der Waals surface area contributed by atoms with E-state index in [2.05, 4.69) is 9.72 Å². The first-order valence-electron chi connectivity index (χ1n) is 6.68. The summed E-state index contributed by atoms with van der Waals surface area (Å²) in [7, 11) is 2.65. The van der Waals surface area contributed by atoms with E-state index in [0.717, 1.165) is 6.20 Å². The number of carboxylic acids is 1. The fraction of sp³-hybridized carbons (Fsp3) is 0.267. The summed E-state index contributed by atoms with van der Waals surface area (Å²) in [5.41, 5.74) is -0.454. The molecule has 8 heteroatoms. The van der Waals surface area contributed by atoms with Crippen molar-refractivity contribution in [2.75, 3.05) is 7.11 Å². The molecule has 0 saturated carbocycles. The highest BCUT2D eigenvalue weighted by atomic mass is 16.5. The number of fused-ring (bicyclic) bond motifs is 1. The summed E-state index contributed by atoms with van der Waals surface area (Å²) >= 11 is 0. The molecule has 0 aliphatic rings. The zero-order valence-electron chi connectivity index (χ0n) is 12.5. The number of aryl methyl sites for hydroxylation is 1. The lowest BCUT2D eigenvalue weighted by Crippen LogP contribution is -2.25. The normalized spacial score (nSPS) is 10.5. The predicted octanol–water partition coefficient (Wildman–Crippen LogP) is 0.768. The number of hydrogen-bond donors (Lipinski definition) is 1. The van der Waals surface area contributed by atoms with Crippen LogP contribution in [-0.2, 0) is 16.6 Å². The maximum atomic E-state index is 12.2. The number of hydrogen-bond acceptors (Lipinski definition) is 6. The second-order valence-corrected chi connectivity index (χ2v) is 4.86. The molecular weight excluding hydrogens is 304 g/mol. The van der Waals surface area contributed by atoms with Crippen molar-refractivity contribution in [2.24, 2.45) is 7.05 Å². The number of esters is 1. The van der Waals surface area contributed by atoms with E-state index in [-0.39, 0.29) is 29.6 Å². The van der Waals surface area contributed by atoms with Gasteiger partial charge in [-0.1, -0.05) is 0 Å². The molecule has 0 aliphatic carbocycles. The average molecular weight is 318 g/mol. The van der Waals surface area contributed by atoms with Crippen LogP contribution in [0.25, 0.3) is 11.0 Å². The number of rotatable bonds is 5. The van der Waals surface area contributed by atoms with E-state index in [9.17, 15) is 19.2 Å². The van der Waals surface area contributed by atoms with Gasteiger partial charge in [0.15, 0.2) is 5.78 Å². The number of methoxy groups -OCH3 is 1. The summed E-state index contributed by atoms with van der Waals surface area (Å²) in [6.07, 6.45) is 0.840. The Bertz CT molecular complexity index is 868. The van der Waals surface area contributed by atoms with Gasteiger partial charge in [-0.05, 0) is 12.1 Å². The number of carbonyl (C=O) groups excluding carboxylic acids is 2. The zero-order valence-corrected chi connectivity index (χ0v) is 12.5. The fourth-order valence-electron chi connectivity index (χ4n) is 2.12. The topological polar surface area (TPSA) is 116 Å². The average Bonchev–Trinajstić information content (AvgIpc) is 2.54. The highest BCUT2D eigenvalue weighted by Crippen LogP contribution is 2.14. The minimum atomic E-state index is -1.16. The van der Waals surface area contributed by atoms with E-state index in [4.69, 9.17) is 5.11 Å². The Balaban J connectivity index is 2.49. The van der Waals surface area contributed by atoms with Crippen LogP contribution >= 0.6 is 0 Å². The Morgan fingerprint density at radius 1 is 1.26 bits per heavy atom. The molecule has 0 radical (unpaired) electrons. The van der Waals surface area contributed by atoms with Gasteiger partial charge in [0, 0.05) is 25.1 Å². The number of carbonyl (C=O) groups is 3. The summed E-state index contributed by atoms with van der Waals surface area (Å²) in [5, 5.41) is 9.35. The predicted molar refractivity (Wildman–Crippen MR) is 79.5 cm³/mol. The Morgan fingerprint density at radius 3 is 2.57 bits per heavy atom. The van der Waals surface area contributed by atoms with Crippen LogP contribution in [0.15, 0.2) is 23.1 Å². The van der Waals surface area contributed by atoms with Crippen LogP contribution in [0.2, 0.25) is 0 Å². The molecule has 0 aromatic carbocycles. The number of aromatic carboxylic acids is 1. The smallest absolute Gasteiger partial charge is 0.337 e. The van der Waals surface area contributed by atoms with Crippen LogP contribution in [0, 0.1) is 0 Å². The zero-order chi connectivity index (χ0) is 17.1. The van der Waals surface area contributed by atoms with Crippen molar-refractivity contribution in [3.05, 3.63) is 39.8 Å². The number of ether oxygens (including phenoxy) is 1. The van der Waals surface area contributed by atoms with E-state index in [1.54, 1.807) is 0 Å². The van der Waals surface area contributed by atoms with Crippen LogP contribution < -0.4 is 5.56 Å². The quantitative estimate of drug-likeness (QED) is 0.639. The van der Waals surface area contributed by atoms with E-state index in [1.807, 2.05) is 0 Å². The SMILES string of the molecule is COC(=O)CCC(=O)c1cc2cc(C(=O)O)cnc2n(C)c1=O. The van der Waals surface area contributed by atoms with Crippen molar-refractivity contribution >= 4 is 28.8 Å². The molecule has 2 aromatic rings. The lowest BCUT2D eigenvalue weighted by molar-refractivity contribution is -0.140. The van der Waals surface area contributed by atoms with Gasteiger partial charge in [-0.3, -0.25) is 19.0 Å². The molecule has 8 nitrogen and oxygen atoms in total. The van der Waals surface area contributed by atoms with E-state index in [0.29, 0.717) is 5.39 Å². The van der Waals surface area contributed by atoms with E-state index < -0.39 is 23.3 Å². The highest BCUT2D eigenvalue weighted by molar-refractivity contribution is 6.00. The van der Waals surface area contributed by atoms with Gasteiger partial charge in [-0.15, -0.1) is 0 Å². The lowest BCUT2D eigenvalue weighted by atomic mass is 10.1. The van der Waals surface area contributed by atoms with Crippen LogP contribution in [-0.4, -0.2) is 39.5 Å². The van der Waals surface area contributed by atoms with Gasteiger partial charge in [0.2, 0.25) is 0 Å². The van der Waals surface area contributed by atoms with Gasteiger partial charge in [0.05, 0.1) is 24.7 Å². The van der Waals surface area contributed by atoms with Gasteiger partial charge >= 0.3 is 11.9 Å². The van der Waals surface area contributed by atoms with Crippen LogP contribution in [0.5, 0.6) is 0 Å². The van der Waals surface area contributed by atoms with E-state index >= 15 is 0 Å². The molecule has 120 valence electrons. The molecule has 0 bridgehead atoms. The van der Waals surface area contributed by atoms with Gasteiger partial charge in [0.1, 0.15) is 5.65 Å². The summed E-state index contributed by atoms with van der Waals surface area (Å²) in [5.74, 6) is -2.23. The third-order valence-corrected chi connectivity index (χ3v) is 3.38. The third kappa shape index (κ3) is 3.25. The Kier molecular flexibility index (Phi) is 4.54. The second-order valence-electron chi connectivity index (χ2n) is 4.86. The van der Waals surface area contributed by atoms with Crippen molar-refractivity contribution in [3.8, 4) is 0 Å². The molecule has 0 fully saturated rings. The fourth-order valence-corrected chi connectivity index (χ4v) is 2.12. The summed E-state index contributed by atoms with van der Waals surface area (Å²) in [4.78, 5) is 50.4. The molecule has 23 heavy (non-hydrogen) atoms. The molecular formula is C15H14N2O6. The van der Waals surface area contributed by atoms with Crippen molar-refractivity contribution < 1.29 is 24.2 Å². The number of aromatic nitrogens is 2. The molecule has 0 atom stereocenters. The summed E-state index contributed by atoms with van der Waals surface area (Å²) < 4.78 is 5.63. The first-order valence-corrected chi connectivity index (χ1v) is 6.68. The van der Waals surface area contributed by atoms with Crippen LogP contribution in [0.4, 0.5) is 0 Å². The number of ketones is 1. The number of carboxylic acid groups (broad SMARTS) is 1. The molecule has 0 unspecified atom stereocenters.